The number of hydrogen-bond donors (Lipinski definition) is 2. The van der Waals surface area contributed by atoms with E-state index in [-0.39, 0.29) is 24.8 Å². The summed E-state index contributed by atoms with van der Waals surface area (Å²) >= 11 is 0. The predicted octanol–water partition coefficient (Wildman–Crippen LogP) is 4.86. The van der Waals surface area contributed by atoms with Crippen LogP contribution in [0.5, 0.6) is 0 Å². The van der Waals surface area contributed by atoms with Crippen LogP contribution in [0.4, 0.5) is 15.9 Å². The highest BCUT2D eigenvalue weighted by molar-refractivity contribution is 6.03. The van der Waals surface area contributed by atoms with Crippen molar-refractivity contribution in [3.05, 3.63) is 89.4 Å². The zero-order valence-corrected chi connectivity index (χ0v) is 20.9. The van der Waals surface area contributed by atoms with Crippen molar-refractivity contribution in [2.24, 2.45) is 0 Å². The van der Waals surface area contributed by atoms with Crippen molar-refractivity contribution < 1.29 is 18.8 Å². The number of benzene rings is 2. The van der Waals surface area contributed by atoms with Gasteiger partial charge >= 0.3 is 0 Å². The van der Waals surface area contributed by atoms with Gasteiger partial charge in [-0.15, -0.1) is 0 Å². The number of carbonyl (C=O) groups excluding carboxylic acids is 3. The highest BCUT2D eigenvalue weighted by Gasteiger charge is 2.33. The minimum Gasteiger partial charge on any atom is -0.352 e. The van der Waals surface area contributed by atoms with E-state index >= 15 is 0 Å². The fourth-order valence-corrected chi connectivity index (χ4v) is 3.79. The molecule has 1 heterocycles. The van der Waals surface area contributed by atoms with Gasteiger partial charge in [0.25, 0.3) is 0 Å². The molecule has 0 aliphatic carbocycles. The molecule has 0 bridgehead atoms. The minimum absolute atomic E-state index is 0.0985. The summed E-state index contributed by atoms with van der Waals surface area (Å²) in [4.78, 5) is 45.0. The summed E-state index contributed by atoms with van der Waals surface area (Å²) in [6.45, 7) is 7.41. The zero-order valence-electron chi connectivity index (χ0n) is 20.9. The number of anilines is 2. The first kappa shape index (κ1) is 26.5. The first-order valence-corrected chi connectivity index (χ1v) is 11.8. The third-order valence-electron chi connectivity index (χ3n) is 5.42. The van der Waals surface area contributed by atoms with E-state index in [0.717, 1.165) is 11.1 Å². The lowest BCUT2D eigenvalue weighted by atomic mass is 10.0. The summed E-state index contributed by atoms with van der Waals surface area (Å²) in [5, 5.41) is 5.56. The topological polar surface area (TPSA) is 91.4 Å². The lowest BCUT2D eigenvalue weighted by molar-refractivity contribution is -0.127. The Morgan fingerprint density at radius 1 is 0.944 bits per heavy atom. The van der Waals surface area contributed by atoms with Gasteiger partial charge in [0.1, 0.15) is 17.7 Å². The summed E-state index contributed by atoms with van der Waals surface area (Å²) in [5.41, 5.74) is 2.81. The molecule has 2 aromatic carbocycles. The Morgan fingerprint density at radius 2 is 1.64 bits per heavy atom. The van der Waals surface area contributed by atoms with Gasteiger partial charge in [-0.1, -0.05) is 24.3 Å². The molecule has 3 aromatic rings. The van der Waals surface area contributed by atoms with Crippen molar-refractivity contribution in [3.63, 3.8) is 0 Å². The van der Waals surface area contributed by atoms with E-state index in [2.05, 4.69) is 15.6 Å². The fraction of sp³-hybridized carbons (Fsp3) is 0.286. The van der Waals surface area contributed by atoms with E-state index in [4.69, 9.17) is 0 Å². The maximum absolute atomic E-state index is 13.7. The molecule has 0 aliphatic rings. The molecule has 3 amide bonds. The van der Waals surface area contributed by atoms with Crippen LogP contribution < -0.4 is 15.5 Å². The maximum Gasteiger partial charge on any atom is 0.248 e. The number of hydrogen-bond acceptors (Lipinski definition) is 4. The van der Waals surface area contributed by atoms with Crippen molar-refractivity contribution in [2.75, 3.05) is 10.2 Å². The fourth-order valence-electron chi connectivity index (χ4n) is 3.79. The van der Waals surface area contributed by atoms with E-state index in [1.54, 1.807) is 30.5 Å². The van der Waals surface area contributed by atoms with Gasteiger partial charge in [-0.3, -0.25) is 19.3 Å². The van der Waals surface area contributed by atoms with Crippen molar-refractivity contribution in [1.29, 1.82) is 0 Å². The van der Waals surface area contributed by atoms with Gasteiger partial charge in [-0.2, -0.15) is 0 Å². The summed E-state index contributed by atoms with van der Waals surface area (Å²) in [6, 6.07) is 15.0. The average molecular weight is 491 g/mol. The molecule has 8 heteroatoms. The van der Waals surface area contributed by atoms with Gasteiger partial charge in [0, 0.05) is 30.8 Å². The first-order valence-electron chi connectivity index (χ1n) is 11.8. The molecule has 3 rings (SSSR count). The van der Waals surface area contributed by atoms with Crippen LogP contribution in [0.2, 0.25) is 0 Å². The average Bonchev–Trinajstić information content (AvgIpc) is 2.81. The van der Waals surface area contributed by atoms with Crippen LogP contribution in [0, 0.1) is 19.7 Å². The van der Waals surface area contributed by atoms with E-state index in [1.807, 2.05) is 39.8 Å². The maximum atomic E-state index is 13.7. The van der Waals surface area contributed by atoms with Gasteiger partial charge in [0.15, 0.2) is 0 Å². The quantitative estimate of drug-likeness (QED) is 0.448. The Morgan fingerprint density at radius 3 is 2.28 bits per heavy atom. The molecule has 188 valence electrons. The third kappa shape index (κ3) is 7.21. The minimum atomic E-state index is -1.05. The number of rotatable bonds is 9. The number of nitrogens with zero attached hydrogens (tertiary/aromatic N) is 2. The van der Waals surface area contributed by atoms with Crippen LogP contribution in [0.15, 0.2) is 66.9 Å². The number of pyridine rings is 1. The van der Waals surface area contributed by atoms with Crippen LogP contribution >= 0.6 is 0 Å². The van der Waals surface area contributed by atoms with Gasteiger partial charge in [-0.05, 0) is 80.8 Å². The van der Waals surface area contributed by atoms with Crippen molar-refractivity contribution in [2.45, 2.75) is 52.6 Å². The molecule has 36 heavy (non-hydrogen) atoms. The third-order valence-corrected chi connectivity index (χ3v) is 5.42. The standard InChI is InChI=1S/C28H31FN4O3/c1-18(2)31-28(36)27(21-8-10-22(29)11-9-21)33(23-7-5-6-19(3)16-23)26(35)13-12-25(34)32-24-17-20(4)14-15-30-24/h5-11,14-18,27H,12-13H2,1-4H3,(H,31,36)(H,30,32,34)/t27-/m0/s1. The molecule has 7 nitrogen and oxygen atoms in total. The molecule has 0 saturated carbocycles. The van der Waals surface area contributed by atoms with Gasteiger partial charge in [0.2, 0.25) is 17.7 Å². The van der Waals surface area contributed by atoms with E-state index in [1.165, 1.54) is 29.2 Å². The lowest BCUT2D eigenvalue weighted by Crippen LogP contribution is -2.46. The Bertz CT molecular complexity index is 1230. The molecule has 0 radical (unpaired) electrons. The Kier molecular flexibility index (Phi) is 8.89. The number of carbonyl (C=O) groups is 3. The van der Waals surface area contributed by atoms with Crippen LogP contribution in [-0.4, -0.2) is 28.7 Å². The van der Waals surface area contributed by atoms with Gasteiger partial charge < -0.3 is 10.6 Å². The summed E-state index contributed by atoms with van der Waals surface area (Å²) in [6.07, 6.45) is 1.35. The number of aromatic nitrogens is 1. The SMILES string of the molecule is Cc1cccc(N(C(=O)CCC(=O)Nc2cc(C)ccn2)[C@H](C(=O)NC(C)C)c2ccc(F)cc2)c1. The molecule has 0 aliphatic heterocycles. The molecule has 0 fully saturated rings. The Balaban J connectivity index is 1.92. The molecular weight excluding hydrogens is 459 g/mol. The van der Waals surface area contributed by atoms with Crippen molar-refractivity contribution >= 4 is 29.2 Å². The number of halogens is 1. The largest absolute Gasteiger partial charge is 0.352 e. The summed E-state index contributed by atoms with van der Waals surface area (Å²) in [5.74, 6) is -1.23. The molecule has 1 atom stereocenters. The second-order valence-electron chi connectivity index (χ2n) is 8.99. The lowest BCUT2D eigenvalue weighted by Gasteiger charge is -2.32. The van der Waals surface area contributed by atoms with Crippen molar-refractivity contribution in [1.82, 2.24) is 10.3 Å². The second kappa shape index (κ2) is 12.1. The van der Waals surface area contributed by atoms with Gasteiger partial charge in [-0.25, -0.2) is 9.37 Å². The van der Waals surface area contributed by atoms with Crippen LogP contribution in [0.3, 0.4) is 0 Å². The van der Waals surface area contributed by atoms with Crippen molar-refractivity contribution in [3.8, 4) is 0 Å². The molecule has 0 unspecified atom stereocenters. The number of nitrogens with one attached hydrogen (secondary N) is 2. The number of aryl methyl sites for hydroxylation is 2. The first-order chi connectivity index (χ1) is 17.1. The van der Waals surface area contributed by atoms with Crippen LogP contribution in [0.1, 0.15) is 49.4 Å². The Hall–Kier alpha value is -4.07. The van der Waals surface area contributed by atoms with Crippen LogP contribution in [-0.2, 0) is 14.4 Å². The molecule has 2 N–H and O–H groups in total. The smallest absolute Gasteiger partial charge is 0.248 e. The van der Waals surface area contributed by atoms with E-state index < -0.39 is 23.7 Å². The number of amides is 3. The predicted molar refractivity (Wildman–Crippen MR) is 138 cm³/mol. The zero-order chi connectivity index (χ0) is 26.2. The molecular formula is C28H31FN4O3. The highest BCUT2D eigenvalue weighted by atomic mass is 19.1. The normalized spacial score (nSPS) is 11.6. The Labute approximate surface area is 210 Å². The van der Waals surface area contributed by atoms with E-state index in [9.17, 15) is 18.8 Å². The molecule has 0 spiro atoms. The monoisotopic (exact) mass is 490 g/mol. The molecule has 0 saturated heterocycles. The summed E-state index contributed by atoms with van der Waals surface area (Å²) in [7, 11) is 0. The van der Waals surface area contributed by atoms with Gasteiger partial charge in [0.05, 0.1) is 0 Å². The second-order valence-corrected chi connectivity index (χ2v) is 8.99. The van der Waals surface area contributed by atoms with E-state index in [0.29, 0.717) is 17.1 Å². The molecule has 1 aromatic heterocycles. The highest BCUT2D eigenvalue weighted by Crippen LogP contribution is 2.30. The van der Waals surface area contributed by atoms with Crippen LogP contribution in [0.25, 0.3) is 0 Å². The summed E-state index contributed by atoms with van der Waals surface area (Å²) < 4.78 is 13.7.